The Morgan fingerprint density at radius 3 is 2.65 bits per heavy atom. The normalized spacial score (nSPS) is 16.8. The molecule has 1 fully saturated rings. The van der Waals surface area contributed by atoms with Gasteiger partial charge in [0, 0.05) is 19.6 Å². The maximum Gasteiger partial charge on any atom is 0.244 e. The van der Waals surface area contributed by atoms with Crippen molar-refractivity contribution in [3.05, 3.63) is 0 Å². The fourth-order valence-electron chi connectivity index (χ4n) is 1.79. The molecule has 0 atom stereocenters. The maximum absolute atomic E-state index is 11.8. The Balaban J connectivity index is 2.35. The number of aliphatic imine (C=N–C) groups is 1. The van der Waals surface area contributed by atoms with Gasteiger partial charge < -0.3 is 10.2 Å². The zero-order valence-electron chi connectivity index (χ0n) is 10.5. The molecule has 0 spiro atoms. The van der Waals surface area contributed by atoms with Crippen molar-refractivity contribution in [2.75, 3.05) is 26.2 Å². The summed E-state index contributed by atoms with van der Waals surface area (Å²) in [6, 6.07) is 0. The van der Waals surface area contributed by atoms with Crippen molar-refractivity contribution in [3.8, 4) is 0 Å². The molecule has 1 saturated heterocycles. The third kappa shape index (κ3) is 5.04. The van der Waals surface area contributed by atoms with Gasteiger partial charge in [0.15, 0.2) is 0 Å². The van der Waals surface area contributed by atoms with Crippen molar-refractivity contribution in [2.45, 2.75) is 32.6 Å². The summed E-state index contributed by atoms with van der Waals surface area (Å²) < 4.78 is 0. The quantitative estimate of drug-likeness (QED) is 0.276. The number of piperidine rings is 1. The van der Waals surface area contributed by atoms with E-state index in [4.69, 9.17) is 5.84 Å². The van der Waals surface area contributed by atoms with E-state index in [0.29, 0.717) is 5.96 Å². The molecule has 0 radical (unpaired) electrons. The van der Waals surface area contributed by atoms with E-state index in [0.717, 1.165) is 38.9 Å². The molecule has 1 rings (SSSR count). The molecule has 6 heteroatoms. The first kappa shape index (κ1) is 13.8. The van der Waals surface area contributed by atoms with Crippen LogP contribution >= 0.6 is 0 Å². The van der Waals surface area contributed by atoms with Crippen LogP contribution in [-0.2, 0) is 4.79 Å². The Hall–Kier alpha value is -1.30. The van der Waals surface area contributed by atoms with Crippen LogP contribution in [0.25, 0.3) is 0 Å². The standard InChI is InChI=1S/C11H23N5O/c1-2-6-13-11(15-12)14-9-10(17)16-7-4-3-5-8-16/h2-9,12H2,1H3,(H2,13,14,15). The summed E-state index contributed by atoms with van der Waals surface area (Å²) >= 11 is 0. The van der Waals surface area contributed by atoms with Gasteiger partial charge in [0.25, 0.3) is 0 Å². The van der Waals surface area contributed by atoms with Gasteiger partial charge in [-0.05, 0) is 25.7 Å². The number of likely N-dealkylation sites (tertiary alicyclic amines) is 1. The van der Waals surface area contributed by atoms with Crippen LogP contribution in [0.1, 0.15) is 32.6 Å². The van der Waals surface area contributed by atoms with Gasteiger partial charge in [0.05, 0.1) is 0 Å². The first-order chi connectivity index (χ1) is 8.27. The van der Waals surface area contributed by atoms with E-state index in [9.17, 15) is 4.79 Å². The van der Waals surface area contributed by atoms with Crippen molar-refractivity contribution in [1.82, 2.24) is 15.6 Å². The summed E-state index contributed by atoms with van der Waals surface area (Å²) in [4.78, 5) is 17.8. The number of hydrogen-bond acceptors (Lipinski definition) is 3. The van der Waals surface area contributed by atoms with Crippen LogP contribution in [0, 0.1) is 0 Å². The molecule has 0 bridgehead atoms. The van der Waals surface area contributed by atoms with E-state index in [1.54, 1.807) is 0 Å². The molecule has 1 aliphatic rings. The second-order valence-corrected chi connectivity index (χ2v) is 4.18. The molecule has 0 aromatic rings. The first-order valence-electron chi connectivity index (χ1n) is 6.30. The number of carbonyl (C=O) groups is 1. The minimum absolute atomic E-state index is 0.0794. The molecule has 17 heavy (non-hydrogen) atoms. The van der Waals surface area contributed by atoms with Gasteiger partial charge in [-0.1, -0.05) is 6.92 Å². The van der Waals surface area contributed by atoms with Crippen molar-refractivity contribution in [1.29, 1.82) is 0 Å². The molecular weight excluding hydrogens is 218 g/mol. The fourth-order valence-corrected chi connectivity index (χ4v) is 1.79. The maximum atomic E-state index is 11.8. The van der Waals surface area contributed by atoms with E-state index in [2.05, 4.69) is 22.7 Å². The molecule has 0 unspecified atom stereocenters. The van der Waals surface area contributed by atoms with Crippen LogP contribution < -0.4 is 16.6 Å². The fraction of sp³-hybridized carbons (Fsp3) is 0.818. The van der Waals surface area contributed by atoms with Gasteiger partial charge >= 0.3 is 0 Å². The summed E-state index contributed by atoms with van der Waals surface area (Å²) in [5, 5.41) is 3.02. The highest BCUT2D eigenvalue weighted by atomic mass is 16.2. The van der Waals surface area contributed by atoms with Crippen LogP contribution in [0.4, 0.5) is 0 Å². The minimum Gasteiger partial charge on any atom is -0.355 e. The Morgan fingerprint density at radius 1 is 1.35 bits per heavy atom. The summed E-state index contributed by atoms with van der Waals surface area (Å²) in [5.74, 6) is 5.87. The highest BCUT2D eigenvalue weighted by Crippen LogP contribution is 2.08. The smallest absolute Gasteiger partial charge is 0.244 e. The lowest BCUT2D eigenvalue weighted by atomic mass is 10.1. The Labute approximate surface area is 103 Å². The van der Waals surface area contributed by atoms with Gasteiger partial charge in [0.2, 0.25) is 11.9 Å². The van der Waals surface area contributed by atoms with E-state index >= 15 is 0 Å². The van der Waals surface area contributed by atoms with Crippen LogP contribution in [0.3, 0.4) is 0 Å². The average molecular weight is 241 g/mol. The van der Waals surface area contributed by atoms with Gasteiger partial charge in [-0.15, -0.1) is 0 Å². The summed E-state index contributed by atoms with van der Waals surface area (Å²) in [6.07, 6.45) is 4.42. The molecule has 4 N–H and O–H groups in total. The first-order valence-corrected chi connectivity index (χ1v) is 6.30. The van der Waals surface area contributed by atoms with Gasteiger partial charge in [0.1, 0.15) is 6.54 Å². The Kier molecular flexibility index (Phi) is 6.39. The third-order valence-electron chi connectivity index (χ3n) is 2.76. The summed E-state index contributed by atoms with van der Waals surface area (Å²) in [5.41, 5.74) is 2.46. The molecule has 0 saturated carbocycles. The van der Waals surface area contributed by atoms with Gasteiger partial charge in [-0.25, -0.2) is 10.8 Å². The minimum atomic E-state index is 0.0794. The molecule has 0 aromatic carbocycles. The van der Waals surface area contributed by atoms with E-state index in [1.165, 1.54) is 6.42 Å². The number of guanidine groups is 1. The molecule has 0 aromatic heterocycles. The Morgan fingerprint density at radius 2 is 2.06 bits per heavy atom. The SMILES string of the molecule is CCCNC(=NCC(=O)N1CCCCC1)NN. The van der Waals surface area contributed by atoms with E-state index in [1.807, 2.05) is 4.90 Å². The number of hydrogen-bond donors (Lipinski definition) is 3. The highest BCUT2D eigenvalue weighted by Gasteiger charge is 2.15. The van der Waals surface area contributed by atoms with Crippen molar-refractivity contribution in [2.24, 2.45) is 10.8 Å². The zero-order valence-corrected chi connectivity index (χ0v) is 10.5. The number of hydrazine groups is 1. The van der Waals surface area contributed by atoms with Crippen LogP contribution in [0.15, 0.2) is 4.99 Å². The van der Waals surface area contributed by atoms with E-state index < -0.39 is 0 Å². The lowest BCUT2D eigenvalue weighted by Gasteiger charge is -2.26. The summed E-state index contributed by atoms with van der Waals surface area (Å²) in [6.45, 7) is 4.74. The highest BCUT2D eigenvalue weighted by molar-refractivity contribution is 5.84. The molecule has 0 aliphatic carbocycles. The molecular formula is C11H23N5O. The average Bonchev–Trinajstić information content (AvgIpc) is 2.39. The van der Waals surface area contributed by atoms with Gasteiger partial charge in [-0.2, -0.15) is 0 Å². The molecule has 1 amide bonds. The van der Waals surface area contributed by atoms with Crippen molar-refractivity contribution in [3.63, 3.8) is 0 Å². The molecule has 1 heterocycles. The number of amides is 1. The second kappa shape index (κ2) is 7.89. The predicted molar refractivity (Wildman–Crippen MR) is 68.3 cm³/mol. The molecule has 98 valence electrons. The second-order valence-electron chi connectivity index (χ2n) is 4.18. The largest absolute Gasteiger partial charge is 0.355 e. The monoisotopic (exact) mass is 241 g/mol. The number of rotatable bonds is 4. The van der Waals surface area contributed by atoms with Crippen LogP contribution in [-0.4, -0.2) is 42.9 Å². The topological polar surface area (TPSA) is 82.8 Å². The van der Waals surface area contributed by atoms with Crippen LogP contribution in [0.2, 0.25) is 0 Å². The van der Waals surface area contributed by atoms with Crippen LogP contribution in [0.5, 0.6) is 0 Å². The zero-order chi connectivity index (χ0) is 12.5. The van der Waals surface area contributed by atoms with Gasteiger partial charge in [-0.3, -0.25) is 10.2 Å². The lowest BCUT2D eigenvalue weighted by molar-refractivity contribution is -0.130. The third-order valence-corrected chi connectivity index (χ3v) is 2.76. The summed E-state index contributed by atoms with van der Waals surface area (Å²) in [7, 11) is 0. The predicted octanol–water partition coefficient (Wildman–Crippen LogP) is -0.182. The van der Waals surface area contributed by atoms with E-state index in [-0.39, 0.29) is 12.5 Å². The number of nitrogens with one attached hydrogen (secondary N) is 2. The van der Waals surface area contributed by atoms with Crippen molar-refractivity contribution >= 4 is 11.9 Å². The Bertz CT molecular complexity index is 261. The molecule has 6 nitrogen and oxygen atoms in total. The number of carbonyl (C=O) groups excluding carboxylic acids is 1. The molecule has 1 aliphatic heterocycles. The number of nitrogens with zero attached hydrogens (tertiary/aromatic N) is 2. The lowest BCUT2D eigenvalue weighted by Crippen LogP contribution is -2.43. The van der Waals surface area contributed by atoms with Crippen molar-refractivity contribution < 1.29 is 4.79 Å². The number of nitrogens with two attached hydrogens (primary N) is 1.